The van der Waals surface area contributed by atoms with Gasteiger partial charge in [-0.2, -0.15) is 0 Å². The van der Waals surface area contributed by atoms with E-state index in [9.17, 15) is 0 Å². The molecule has 0 fully saturated rings. The normalized spacial score (nSPS) is 16.0. The fraction of sp³-hybridized carbons (Fsp3) is 0.321. The van der Waals surface area contributed by atoms with E-state index < -0.39 is 0 Å². The van der Waals surface area contributed by atoms with Crippen LogP contribution in [0.3, 0.4) is 0 Å². The van der Waals surface area contributed by atoms with Gasteiger partial charge < -0.3 is 16.0 Å². The standard InChI is InChI=1S/C28H34N3.H3N/c1-28(2)25-17-21(30(5)6)13-15-23(25)27(19-9-11-20(12-10-19)29(3)4)24-16-14-22(31(7)8)18-26(24)28;/h9-18H,1-8H3;1H3/q+1;. The summed E-state index contributed by atoms with van der Waals surface area (Å²) in [6, 6.07) is 15.9. The summed E-state index contributed by atoms with van der Waals surface area (Å²) in [7, 11) is 12.6. The molecule has 32 heavy (non-hydrogen) atoms. The molecule has 0 heterocycles. The van der Waals surface area contributed by atoms with E-state index >= 15 is 0 Å². The highest BCUT2D eigenvalue weighted by Gasteiger charge is 2.38. The quantitative estimate of drug-likeness (QED) is 0.675. The molecular formula is C28H37N4+. The van der Waals surface area contributed by atoms with E-state index in [2.05, 4.69) is 131 Å². The molecule has 2 aliphatic carbocycles. The lowest BCUT2D eigenvalue weighted by Crippen LogP contribution is -2.30. The van der Waals surface area contributed by atoms with Crippen LogP contribution in [0.25, 0.3) is 5.57 Å². The minimum absolute atomic E-state index is 0. The van der Waals surface area contributed by atoms with Crippen LogP contribution >= 0.6 is 0 Å². The summed E-state index contributed by atoms with van der Waals surface area (Å²) < 4.78 is 2.19. The average molecular weight is 430 g/mol. The topological polar surface area (TPSA) is 44.5 Å². The van der Waals surface area contributed by atoms with Gasteiger partial charge in [0.15, 0.2) is 5.71 Å². The van der Waals surface area contributed by atoms with Gasteiger partial charge in [0, 0.05) is 57.1 Å². The molecule has 4 nitrogen and oxygen atoms in total. The zero-order chi connectivity index (χ0) is 22.5. The molecule has 0 saturated carbocycles. The highest BCUT2D eigenvalue weighted by Crippen LogP contribution is 2.50. The smallest absolute Gasteiger partial charge is 0.199 e. The third-order valence-corrected chi connectivity index (χ3v) is 6.60. The van der Waals surface area contributed by atoms with Gasteiger partial charge in [0.25, 0.3) is 0 Å². The molecule has 3 N–H and O–H groups in total. The first kappa shape index (κ1) is 23.6. The molecule has 0 aliphatic heterocycles. The molecule has 2 aromatic carbocycles. The van der Waals surface area contributed by atoms with E-state index in [1.165, 1.54) is 50.5 Å². The molecule has 2 aliphatic rings. The summed E-state index contributed by atoms with van der Waals surface area (Å²) >= 11 is 0. The number of hydrogen-bond donors (Lipinski definition) is 1. The van der Waals surface area contributed by atoms with Crippen LogP contribution in [0.2, 0.25) is 0 Å². The minimum atomic E-state index is -0.0875. The third kappa shape index (κ3) is 3.80. The Balaban J connectivity index is 0.00000289. The maximum absolute atomic E-state index is 2.37. The van der Waals surface area contributed by atoms with Gasteiger partial charge in [-0.15, -0.1) is 0 Å². The van der Waals surface area contributed by atoms with E-state index in [1.807, 2.05) is 0 Å². The Kier molecular flexibility index (Phi) is 6.21. The Morgan fingerprint density at radius 3 is 1.94 bits per heavy atom. The first-order chi connectivity index (χ1) is 14.6. The summed E-state index contributed by atoms with van der Waals surface area (Å²) in [5.74, 6) is 0. The molecule has 2 aromatic rings. The fourth-order valence-electron chi connectivity index (χ4n) is 4.62. The van der Waals surface area contributed by atoms with Gasteiger partial charge in [0.05, 0.1) is 0 Å². The van der Waals surface area contributed by atoms with Gasteiger partial charge in [0.1, 0.15) is 14.1 Å². The van der Waals surface area contributed by atoms with Crippen molar-refractivity contribution < 1.29 is 4.58 Å². The van der Waals surface area contributed by atoms with Gasteiger partial charge in [-0.05, 0) is 63.8 Å². The fourth-order valence-corrected chi connectivity index (χ4v) is 4.62. The van der Waals surface area contributed by atoms with E-state index in [4.69, 9.17) is 0 Å². The number of nitrogens with zero attached hydrogens (tertiary/aromatic N) is 3. The number of allylic oxidation sites excluding steroid dienone is 5. The van der Waals surface area contributed by atoms with E-state index in [0.29, 0.717) is 0 Å². The molecule has 0 atom stereocenters. The largest absolute Gasteiger partial charge is 0.378 e. The van der Waals surface area contributed by atoms with Crippen LogP contribution in [-0.4, -0.2) is 52.6 Å². The van der Waals surface area contributed by atoms with Crippen molar-refractivity contribution in [2.24, 2.45) is 0 Å². The van der Waals surface area contributed by atoms with Crippen molar-refractivity contribution in [3.05, 3.63) is 88.5 Å². The molecule has 0 bridgehead atoms. The molecular weight excluding hydrogens is 392 g/mol. The van der Waals surface area contributed by atoms with Crippen molar-refractivity contribution in [1.29, 1.82) is 0 Å². The lowest BCUT2D eigenvalue weighted by molar-refractivity contribution is -0.462. The molecule has 0 saturated heterocycles. The van der Waals surface area contributed by atoms with Crippen molar-refractivity contribution in [2.45, 2.75) is 19.3 Å². The SMILES string of the molecule is CN(C)c1ccc(C2=C3C=CC(=[N+](C)C)C=C3C(C)(C)c3cc(N(C)C)ccc32)cc1.N. The van der Waals surface area contributed by atoms with Gasteiger partial charge in [-0.3, -0.25) is 0 Å². The van der Waals surface area contributed by atoms with Crippen molar-refractivity contribution in [3.63, 3.8) is 0 Å². The van der Waals surface area contributed by atoms with Gasteiger partial charge >= 0.3 is 0 Å². The number of rotatable bonds is 3. The summed E-state index contributed by atoms with van der Waals surface area (Å²) in [5.41, 5.74) is 11.6. The van der Waals surface area contributed by atoms with Crippen molar-refractivity contribution in [2.75, 3.05) is 52.1 Å². The highest BCUT2D eigenvalue weighted by molar-refractivity contribution is 6.06. The molecule has 168 valence electrons. The molecule has 0 amide bonds. The van der Waals surface area contributed by atoms with Gasteiger partial charge in [-0.1, -0.05) is 32.0 Å². The first-order valence-corrected chi connectivity index (χ1v) is 10.9. The summed E-state index contributed by atoms with van der Waals surface area (Å²) in [5, 5.41) is 0. The number of benzene rings is 2. The van der Waals surface area contributed by atoms with Crippen LogP contribution in [0.4, 0.5) is 11.4 Å². The van der Waals surface area contributed by atoms with Crippen LogP contribution in [0.5, 0.6) is 0 Å². The highest BCUT2D eigenvalue weighted by atomic mass is 15.1. The summed E-state index contributed by atoms with van der Waals surface area (Å²) in [6.45, 7) is 4.71. The lowest BCUT2D eigenvalue weighted by Gasteiger charge is -2.39. The second-order valence-corrected chi connectivity index (χ2v) is 9.69. The molecule has 0 aromatic heterocycles. The van der Waals surface area contributed by atoms with Crippen LogP contribution in [0, 0.1) is 0 Å². The maximum Gasteiger partial charge on any atom is 0.199 e. The van der Waals surface area contributed by atoms with E-state index in [-0.39, 0.29) is 11.6 Å². The van der Waals surface area contributed by atoms with Crippen LogP contribution in [0.1, 0.15) is 30.5 Å². The monoisotopic (exact) mass is 429 g/mol. The molecule has 0 unspecified atom stereocenters. The Bertz CT molecular complexity index is 1150. The zero-order valence-corrected chi connectivity index (χ0v) is 20.8. The molecule has 4 heteroatoms. The van der Waals surface area contributed by atoms with Crippen LogP contribution < -0.4 is 16.0 Å². The van der Waals surface area contributed by atoms with Crippen LogP contribution in [0.15, 0.2) is 71.8 Å². The van der Waals surface area contributed by atoms with Gasteiger partial charge in [-0.25, -0.2) is 4.58 Å². The third-order valence-electron chi connectivity index (χ3n) is 6.60. The first-order valence-electron chi connectivity index (χ1n) is 10.9. The lowest BCUT2D eigenvalue weighted by atomic mass is 9.64. The predicted octanol–water partition coefficient (Wildman–Crippen LogP) is 5.28. The second-order valence-electron chi connectivity index (χ2n) is 9.69. The van der Waals surface area contributed by atoms with Gasteiger partial charge in [0.2, 0.25) is 0 Å². The molecule has 0 spiro atoms. The number of hydrogen-bond acceptors (Lipinski definition) is 3. The van der Waals surface area contributed by atoms with E-state index in [0.717, 1.165) is 0 Å². The zero-order valence-electron chi connectivity index (χ0n) is 20.8. The molecule has 4 rings (SSSR count). The average Bonchev–Trinajstić information content (AvgIpc) is 2.73. The van der Waals surface area contributed by atoms with Crippen molar-refractivity contribution in [1.82, 2.24) is 6.15 Å². The van der Waals surface area contributed by atoms with E-state index in [1.54, 1.807) is 0 Å². The Morgan fingerprint density at radius 2 is 1.38 bits per heavy atom. The summed E-state index contributed by atoms with van der Waals surface area (Å²) in [4.78, 5) is 4.33. The molecule has 0 radical (unpaired) electrons. The van der Waals surface area contributed by atoms with Crippen molar-refractivity contribution in [3.8, 4) is 0 Å². The minimum Gasteiger partial charge on any atom is -0.378 e. The predicted molar refractivity (Wildman–Crippen MR) is 140 cm³/mol. The Morgan fingerprint density at radius 1 is 0.781 bits per heavy atom. The maximum atomic E-state index is 2.37. The second kappa shape index (κ2) is 8.44. The number of anilines is 2. The summed E-state index contributed by atoms with van der Waals surface area (Å²) in [6.07, 6.45) is 6.92. The Hall–Kier alpha value is -3.11. The Labute approximate surface area is 193 Å². The number of fused-ring (bicyclic) bond motifs is 2. The van der Waals surface area contributed by atoms with Crippen molar-refractivity contribution >= 4 is 22.7 Å². The van der Waals surface area contributed by atoms with Crippen LogP contribution in [-0.2, 0) is 5.41 Å².